The van der Waals surface area contributed by atoms with E-state index in [0.29, 0.717) is 6.04 Å². The van der Waals surface area contributed by atoms with Crippen LogP contribution in [-0.2, 0) is 4.79 Å². The van der Waals surface area contributed by atoms with Gasteiger partial charge in [-0.2, -0.15) is 0 Å². The monoisotopic (exact) mass is 307 g/mol. The molecule has 2 nitrogen and oxygen atoms in total. The number of carbonyl (C=O) groups is 1. The fourth-order valence-electron chi connectivity index (χ4n) is 6.09. The van der Waals surface area contributed by atoms with Crippen LogP contribution in [0.15, 0.2) is 12.2 Å². The molecule has 2 saturated heterocycles. The van der Waals surface area contributed by atoms with E-state index in [9.17, 15) is 4.79 Å². The van der Waals surface area contributed by atoms with Crippen LogP contribution in [0.3, 0.4) is 0 Å². The highest BCUT2D eigenvalue weighted by atomic mass is 32.3. The van der Waals surface area contributed by atoms with Gasteiger partial charge in [-0.15, -0.1) is 0 Å². The zero-order valence-electron chi connectivity index (χ0n) is 13.6. The standard InChI is InChI=1S/C18H29NOS/c1-12-4-6-15-13-5-7-16-18(2,10-8-17(20)19-16)14(13)9-11-21(12,15)3/h8,10,12-16H,4-7,9,11H2,1-3H3,(H,19,20). The maximum Gasteiger partial charge on any atom is 0.243 e. The van der Waals surface area contributed by atoms with Crippen LogP contribution in [0.1, 0.15) is 46.0 Å². The lowest BCUT2D eigenvalue weighted by atomic mass is 9.57. The minimum atomic E-state index is -0.382. The van der Waals surface area contributed by atoms with Crippen molar-refractivity contribution in [2.24, 2.45) is 17.3 Å². The summed E-state index contributed by atoms with van der Waals surface area (Å²) in [5.41, 5.74) is 0.212. The third-order valence-electron chi connectivity index (χ3n) is 7.58. The largest absolute Gasteiger partial charge is 0.349 e. The minimum absolute atomic E-state index is 0.122. The van der Waals surface area contributed by atoms with E-state index in [2.05, 4.69) is 31.5 Å². The Labute approximate surface area is 130 Å². The van der Waals surface area contributed by atoms with Crippen molar-refractivity contribution in [2.75, 3.05) is 12.0 Å². The molecule has 0 bridgehead atoms. The van der Waals surface area contributed by atoms with Gasteiger partial charge in [0.2, 0.25) is 5.91 Å². The molecule has 4 aliphatic rings. The molecule has 21 heavy (non-hydrogen) atoms. The first-order valence-electron chi connectivity index (χ1n) is 8.68. The molecule has 118 valence electrons. The molecule has 0 aromatic heterocycles. The zero-order chi connectivity index (χ0) is 14.8. The van der Waals surface area contributed by atoms with Gasteiger partial charge in [0.25, 0.3) is 0 Å². The summed E-state index contributed by atoms with van der Waals surface area (Å²) in [5.74, 6) is 3.31. The van der Waals surface area contributed by atoms with E-state index in [1.165, 1.54) is 37.9 Å². The second kappa shape index (κ2) is 4.53. The van der Waals surface area contributed by atoms with E-state index in [1.54, 1.807) is 6.08 Å². The summed E-state index contributed by atoms with van der Waals surface area (Å²) in [6, 6.07) is 0.384. The lowest BCUT2D eigenvalue weighted by Gasteiger charge is -2.60. The molecule has 7 atom stereocenters. The zero-order valence-corrected chi connectivity index (χ0v) is 14.4. The molecule has 0 spiro atoms. The average Bonchev–Trinajstić information content (AvgIpc) is 2.76. The summed E-state index contributed by atoms with van der Waals surface area (Å²) in [5, 5.41) is 5.24. The number of rotatable bonds is 0. The fourth-order valence-corrected chi connectivity index (χ4v) is 10.6. The number of nitrogens with one attached hydrogen (secondary N) is 1. The summed E-state index contributed by atoms with van der Waals surface area (Å²) < 4.78 is 0. The molecule has 1 saturated carbocycles. The molecule has 1 aliphatic carbocycles. The van der Waals surface area contributed by atoms with Crippen LogP contribution in [0.2, 0.25) is 0 Å². The van der Waals surface area contributed by atoms with Gasteiger partial charge >= 0.3 is 0 Å². The highest BCUT2D eigenvalue weighted by molar-refractivity contribution is 8.34. The molecule has 7 unspecified atom stereocenters. The van der Waals surface area contributed by atoms with Crippen LogP contribution in [0, 0.1) is 17.3 Å². The van der Waals surface area contributed by atoms with Crippen LogP contribution in [0.4, 0.5) is 0 Å². The number of carbonyl (C=O) groups excluding carboxylic acids is 1. The van der Waals surface area contributed by atoms with Gasteiger partial charge < -0.3 is 5.32 Å². The van der Waals surface area contributed by atoms with Crippen molar-refractivity contribution in [1.82, 2.24) is 5.32 Å². The Bertz CT molecular complexity index is 503. The molecular weight excluding hydrogens is 278 g/mol. The van der Waals surface area contributed by atoms with Crippen LogP contribution in [0.5, 0.6) is 0 Å². The first kappa shape index (κ1) is 14.2. The number of fused-ring (bicyclic) bond motifs is 5. The molecule has 3 heterocycles. The van der Waals surface area contributed by atoms with Crippen LogP contribution >= 0.6 is 10.0 Å². The quantitative estimate of drug-likeness (QED) is 0.729. The van der Waals surface area contributed by atoms with Crippen LogP contribution in [-0.4, -0.2) is 34.5 Å². The number of amides is 1. The van der Waals surface area contributed by atoms with Crippen molar-refractivity contribution >= 4 is 15.9 Å². The van der Waals surface area contributed by atoms with Crippen molar-refractivity contribution in [3.05, 3.63) is 12.2 Å². The summed E-state index contributed by atoms with van der Waals surface area (Å²) in [4.78, 5) is 11.7. The van der Waals surface area contributed by atoms with Crippen LogP contribution < -0.4 is 5.32 Å². The van der Waals surface area contributed by atoms with Gasteiger partial charge in [0.15, 0.2) is 0 Å². The van der Waals surface area contributed by atoms with Crippen molar-refractivity contribution in [2.45, 2.75) is 62.5 Å². The molecule has 0 aromatic carbocycles. The smallest absolute Gasteiger partial charge is 0.243 e. The number of hydrogen-bond acceptors (Lipinski definition) is 1. The third-order valence-corrected chi connectivity index (χ3v) is 12.7. The average molecular weight is 308 g/mol. The Kier molecular flexibility index (Phi) is 3.06. The Morgan fingerprint density at radius 1 is 1.24 bits per heavy atom. The van der Waals surface area contributed by atoms with Gasteiger partial charge in [0.05, 0.1) is 0 Å². The Balaban J connectivity index is 1.68. The van der Waals surface area contributed by atoms with E-state index in [1.807, 2.05) is 0 Å². The molecule has 3 fully saturated rings. The van der Waals surface area contributed by atoms with Gasteiger partial charge in [-0.05, 0) is 72.5 Å². The molecule has 0 aromatic rings. The van der Waals surface area contributed by atoms with Crippen molar-refractivity contribution < 1.29 is 4.79 Å². The Morgan fingerprint density at radius 3 is 2.86 bits per heavy atom. The van der Waals surface area contributed by atoms with E-state index in [-0.39, 0.29) is 21.4 Å². The predicted octanol–water partition coefficient (Wildman–Crippen LogP) is 3.46. The molecule has 1 amide bonds. The third kappa shape index (κ3) is 1.82. The van der Waals surface area contributed by atoms with Gasteiger partial charge in [0.1, 0.15) is 0 Å². The van der Waals surface area contributed by atoms with Crippen LogP contribution in [0.25, 0.3) is 0 Å². The summed E-state index contributed by atoms with van der Waals surface area (Å²) in [7, 11) is -0.382. The van der Waals surface area contributed by atoms with Gasteiger partial charge in [-0.25, -0.2) is 10.0 Å². The molecule has 1 N–H and O–H groups in total. The summed E-state index contributed by atoms with van der Waals surface area (Å²) in [6.45, 7) is 4.94. The van der Waals surface area contributed by atoms with E-state index >= 15 is 0 Å². The predicted molar refractivity (Wildman–Crippen MR) is 90.9 cm³/mol. The lowest BCUT2D eigenvalue weighted by Crippen LogP contribution is -2.59. The van der Waals surface area contributed by atoms with E-state index < -0.39 is 0 Å². The SMILES string of the molecule is CC1CCC2C3CCC4NC(=O)C=CC4(C)C3CCS12C. The molecule has 3 aliphatic heterocycles. The number of hydrogen-bond donors (Lipinski definition) is 1. The highest BCUT2D eigenvalue weighted by Gasteiger charge is 2.57. The lowest BCUT2D eigenvalue weighted by molar-refractivity contribution is -0.120. The van der Waals surface area contributed by atoms with Gasteiger partial charge in [-0.3, -0.25) is 4.79 Å². The van der Waals surface area contributed by atoms with Crippen molar-refractivity contribution in [3.8, 4) is 0 Å². The maximum atomic E-state index is 11.7. The second-order valence-corrected chi connectivity index (χ2v) is 12.5. The Hall–Kier alpha value is -0.440. The molecule has 4 rings (SSSR count). The first-order chi connectivity index (χ1) is 9.95. The normalized spacial score (nSPS) is 58.4. The first-order valence-corrected chi connectivity index (χ1v) is 11.0. The Morgan fingerprint density at radius 2 is 2.05 bits per heavy atom. The summed E-state index contributed by atoms with van der Waals surface area (Å²) >= 11 is 0. The fraction of sp³-hybridized carbons (Fsp3) is 0.833. The topological polar surface area (TPSA) is 29.1 Å². The minimum Gasteiger partial charge on any atom is -0.349 e. The van der Waals surface area contributed by atoms with Crippen molar-refractivity contribution in [1.29, 1.82) is 0 Å². The highest BCUT2D eigenvalue weighted by Crippen LogP contribution is 2.70. The molecule has 3 heteroatoms. The van der Waals surface area contributed by atoms with E-state index in [0.717, 1.165) is 22.3 Å². The van der Waals surface area contributed by atoms with Gasteiger partial charge in [-0.1, -0.05) is 19.9 Å². The molecule has 0 radical (unpaired) electrons. The summed E-state index contributed by atoms with van der Waals surface area (Å²) in [6.07, 6.45) is 13.6. The van der Waals surface area contributed by atoms with E-state index in [4.69, 9.17) is 0 Å². The molecular formula is C18H29NOS. The van der Waals surface area contributed by atoms with Crippen molar-refractivity contribution in [3.63, 3.8) is 0 Å². The second-order valence-electron chi connectivity index (χ2n) is 8.26. The maximum absolute atomic E-state index is 11.7. The van der Waals surface area contributed by atoms with Gasteiger partial charge in [0, 0.05) is 11.5 Å².